The van der Waals surface area contributed by atoms with Gasteiger partial charge in [0, 0.05) is 26.2 Å². The lowest BCUT2D eigenvalue weighted by atomic mass is 10.0. The predicted octanol–water partition coefficient (Wildman–Crippen LogP) is 4.48. The van der Waals surface area contributed by atoms with Gasteiger partial charge in [-0.05, 0) is 36.6 Å². The Morgan fingerprint density at radius 2 is 1.72 bits per heavy atom. The van der Waals surface area contributed by atoms with Crippen molar-refractivity contribution in [3.05, 3.63) is 89.5 Å². The summed E-state index contributed by atoms with van der Waals surface area (Å²) in [5.41, 5.74) is 0.833. The Kier molecular flexibility index (Phi) is 6.41. The van der Waals surface area contributed by atoms with E-state index in [2.05, 4.69) is 4.40 Å². The third-order valence-corrected chi connectivity index (χ3v) is 6.71. The highest BCUT2D eigenvalue weighted by Gasteiger charge is 2.30. The number of benzene rings is 2. The number of hydrogen-bond acceptors (Lipinski definition) is 4. The molecule has 2 aliphatic heterocycles. The maximum Gasteiger partial charge on any atom is 0.420 e. The minimum absolute atomic E-state index is 0.0545. The highest BCUT2D eigenvalue weighted by molar-refractivity contribution is 7.94. The average Bonchev–Trinajstić information content (AvgIpc) is 2.81. The van der Waals surface area contributed by atoms with E-state index >= 15 is 0 Å². The van der Waals surface area contributed by atoms with Crippen LogP contribution in [0, 0.1) is 0 Å². The highest BCUT2D eigenvalue weighted by Crippen LogP contribution is 2.31. The van der Waals surface area contributed by atoms with Gasteiger partial charge in [-0.25, -0.2) is 4.79 Å². The molecule has 0 saturated carbocycles. The smallest absolute Gasteiger partial charge is 0.410 e. The van der Waals surface area contributed by atoms with Gasteiger partial charge in [0.05, 0.1) is 6.04 Å². The van der Waals surface area contributed by atoms with Crippen LogP contribution < -0.4 is 4.74 Å². The zero-order valence-corrected chi connectivity index (χ0v) is 18.6. The molecular formula is C24H25N3O4S. The van der Waals surface area contributed by atoms with E-state index in [-0.39, 0.29) is 4.91 Å². The first kappa shape index (κ1) is 21.8. The molecule has 2 aromatic rings. The minimum atomic E-state index is -3.99. The third kappa shape index (κ3) is 4.91. The van der Waals surface area contributed by atoms with Crippen molar-refractivity contribution in [3.8, 4) is 5.75 Å². The van der Waals surface area contributed by atoms with E-state index in [1.165, 1.54) is 17.2 Å². The Hall–Kier alpha value is -3.39. The number of para-hydroxylation sites is 1. The molecule has 0 radical (unpaired) electrons. The first-order valence-corrected chi connectivity index (χ1v) is 11.9. The molecule has 1 fully saturated rings. The van der Waals surface area contributed by atoms with Gasteiger partial charge < -0.3 is 9.64 Å². The van der Waals surface area contributed by atoms with Crippen LogP contribution in [0.3, 0.4) is 0 Å². The number of nitrogens with zero attached hydrogens (tertiary/aromatic N) is 3. The zero-order chi connectivity index (χ0) is 22.6. The minimum Gasteiger partial charge on any atom is -0.410 e. The van der Waals surface area contributed by atoms with Crippen LogP contribution in [0.15, 0.2) is 88.3 Å². The largest absolute Gasteiger partial charge is 0.420 e. The molecule has 0 bridgehead atoms. The van der Waals surface area contributed by atoms with E-state index in [0.29, 0.717) is 18.0 Å². The average molecular weight is 452 g/mol. The van der Waals surface area contributed by atoms with Crippen molar-refractivity contribution < 1.29 is 17.9 Å². The number of amides is 1. The molecule has 7 nitrogen and oxygen atoms in total. The SMILES string of the molecule is CN1CCCC/C1=N/S(=O)(=O)C1=CN(C(=O)Oc2ccccc2)C(c2ccccc2)C=C1. The zero-order valence-electron chi connectivity index (χ0n) is 17.8. The van der Waals surface area contributed by atoms with Gasteiger partial charge in [0.1, 0.15) is 16.5 Å². The second-order valence-corrected chi connectivity index (χ2v) is 9.30. The van der Waals surface area contributed by atoms with E-state index in [9.17, 15) is 13.2 Å². The summed E-state index contributed by atoms with van der Waals surface area (Å²) in [4.78, 5) is 16.2. The molecule has 2 aliphatic rings. The number of amidine groups is 1. The molecule has 1 unspecified atom stereocenters. The molecule has 2 aromatic carbocycles. The molecule has 1 atom stereocenters. The number of carbonyl (C=O) groups is 1. The Balaban J connectivity index is 1.67. The van der Waals surface area contributed by atoms with Gasteiger partial charge >= 0.3 is 6.09 Å². The Morgan fingerprint density at radius 1 is 1.03 bits per heavy atom. The lowest BCUT2D eigenvalue weighted by Crippen LogP contribution is -2.35. The summed E-state index contributed by atoms with van der Waals surface area (Å²) >= 11 is 0. The first-order chi connectivity index (χ1) is 15.4. The van der Waals surface area contributed by atoms with Crippen LogP contribution in [0.5, 0.6) is 5.75 Å². The molecule has 1 saturated heterocycles. The van der Waals surface area contributed by atoms with Crippen molar-refractivity contribution in [3.63, 3.8) is 0 Å². The molecule has 0 aliphatic carbocycles. The van der Waals surface area contributed by atoms with Crippen LogP contribution in [-0.2, 0) is 10.0 Å². The quantitative estimate of drug-likeness (QED) is 0.685. The van der Waals surface area contributed by atoms with Gasteiger partial charge in [-0.15, -0.1) is 4.40 Å². The summed E-state index contributed by atoms with van der Waals surface area (Å²) in [5.74, 6) is 0.912. The van der Waals surface area contributed by atoms with Crippen LogP contribution in [0.4, 0.5) is 4.79 Å². The van der Waals surface area contributed by atoms with Crippen molar-refractivity contribution in [2.24, 2.45) is 4.40 Å². The molecule has 32 heavy (non-hydrogen) atoms. The molecule has 8 heteroatoms. The van der Waals surface area contributed by atoms with Gasteiger partial charge in [0.15, 0.2) is 0 Å². The fourth-order valence-electron chi connectivity index (χ4n) is 3.68. The fraction of sp³-hybridized carbons (Fsp3) is 0.250. The maximum atomic E-state index is 13.1. The molecule has 4 rings (SSSR count). The van der Waals surface area contributed by atoms with Crippen molar-refractivity contribution in [1.29, 1.82) is 0 Å². The van der Waals surface area contributed by atoms with Gasteiger partial charge in [0.2, 0.25) is 0 Å². The summed E-state index contributed by atoms with van der Waals surface area (Å²) in [7, 11) is -2.15. The summed E-state index contributed by atoms with van der Waals surface area (Å²) in [6.07, 6.45) is 6.34. The standard InChI is InChI=1S/C24H25N3O4S/c1-26-17-9-8-14-23(26)25-32(29,30)21-15-16-22(19-10-4-2-5-11-19)27(18-21)24(28)31-20-12-6-3-7-13-20/h2-7,10-13,15-16,18,22H,8-9,14,17H2,1H3/b25-23-. The number of hydrogen-bond donors (Lipinski definition) is 0. The molecule has 0 spiro atoms. The van der Waals surface area contributed by atoms with E-state index in [1.807, 2.05) is 48.3 Å². The number of allylic oxidation sites excluding steroid dienone is 1. The lowest BCUT2D eigenvalue weighted by molar-refractivity contribution is 0.161. The second-order valence-electron chi connectivity index (χ2n) is 7.70. The molecule has 0 aromatic heterocycles. The molecule has 1 amide bonds. The molecule has 166 valence electrons. The monoisotopic (exact) mass is 451 g/mol. The van der Waals surface area contributed by atoms with E-state index in [4.69, 9.17) is 4.74 Å². The maximum absolute atomic E-state index is 13.1. The third-order valence-electron chi connectivity index (χ3n) is 5.42. The number of rotatable bonds is 4. The van der Waals surface area contributed by atoms with E-state index in [1.54, 1.807) is 30.3 Å². The Morgan fingerprint density at radius 3 is 2.41 bits per heavy atom. The lowest BCUT2D eigenvalue weighted by Gasteiger charge is -2.29. The number of piperidine rings is 1. The van der Waals surface area contributed by atoms with Gasteiger partial charge in [-0.2, -0.15) is 8.42 Å². The van der Waals surface area contributed by atoms with Crippen molar-refractivity contribution in [2.75, 3.05) is 13.6 Å². The Bertz CT molecular complexity index is 1160. The summed E-state index contributed by atoms with van der Waals surface area (Å²) in [5, 5.41) is 0. The van der Waals surface area contributed by atoms with Crippen LogP contribution in [0.25, 0.3) is 0 Å². The second kappa shape index (κ2) is 9.40. The van der Waals surface area contributed by atoms with Crippen molar-refractivity contribution >= 4 is 22.0 Å². The normalized spacial score (nSPS) is 20.2. The van der Waals surface area contributed by atoms with Crippen LogP contribution >= 0.6 is 0 Å². The Labute approximate surface area is 188 Å². The van der Waals surface area contributed by atoms with Gasteiger partial charge in [-0.1, -0.05) is 54.6 Å². The van der Waals surface area contributed by atoms with E-state index in [0.717, 1.165) is 24.9 Å². The van der Waals surface area contributed by atoms with Gasteiger partial charge in [-0.3, -0.25) is 4.90 Å². The molecular weight excluding hydrogens is 426 g/mol. The number of carbonyl (C=O) groups excluding carboxylic acids is 1. The molecule has 2 heterocycles. The summed E-state index contributed by atoms with van der Waals surface area (Å²) in [6.45, 7) is 0.773. The van der Waals surface area contributed by atoms with Crippen LogP contribution in [0.1, 0.15) is 30.9 Å². The summed E-state index contributed by atoms with van der Waals surface area (Å²) in [6, 6.07) is 17.5. The summed E-state index contributed by atoms with van der Waals surface area (Å²) < 4.78 is 35.7. The first-order valence-electron chi connectivity index (χ1n) is 10.5. The van der Waals surface area contributed by atoms with Crippen LogP contribution in [-0.4, -0.2) is 43.7 Å². The van der Waals surface area contributed by atoms with E-state index < -0.39 is 22.2 Å². The number of sulfonamides is 1. The number of ether oxygens (including phenoxy) is 1. The topological polar surface area (TPSA) is 79.3 Å². The highest BCUT2D eigenvalue weighted by atomic mass is 32.2. The fourth-order valence-corrected chi connectivity index (χ4v) is 4.79. The number of likely N-dealkylation sites (tertiary alicyclic amines) is 1. The van der Waals surface area contributed by atoms with Crippen molar-refractivity contribution in [1.82, 2.24) is 9.80 Å². The predicted molar refractivity (Wildman–Crippen MR) is 124 cm³/mol. The molecule has 0 N–H and O–H groups in total. The van der Waals surface area contributed by atoms with Gasteiger partial charge in [0.25, 0.3) is 10.0 Å². The van der Waals surface area contributed by atoms with Crippen LogP contribution in [0.2, 0.25) is 0 Å². The van der Waals surface area contributed by atoms with Crippen molar-refractivity contribution in [2.45, 2.75) is 25.3 Å².